The van der Waals surface area contributed by atoms with Gasteiger partial charge in [-0.2, -0.15) is 17.0 Å². The van der Waals surface area contributed by atoms with E-state index in [1.54, 1.807) is 42.5 Å². The quantitative estimate of drug-likeness (QED) is 0.346. The fraction of sp³-hybridized carbons (Fsp3) is 0.391. The monoisotopic (exact) mass is 507 g/mol. The minimum absolute atomic E-state index is 0.00307. The molecule has 9 nitrogen and oxygen atoms in total. The van der Waals surface area contributed by atoms with Crippen LogP contribution in [0, 0.1) is 6.92 Å². The van der Waals surface area contributed by atoms with E-state index < -0.39 is 16.2 Å². The third-order valence-corrected chi connectivity index (χ3v) is 7.58. The van der Waals surface area contributed by atoms with Crippen molar-refractivity contribution in [3.8, 4) is 16.5 Å². The highest BCUT2D eigenvalue weighted by atomic mass is 32.2. The Morgan fingerprint density at radius 3 is 2.68 bits per heavy atom. The lowest BCUT2D eigenvalue weighted by Gasteiger charge is -2.24. The molecule has 2 heterocycles. The van der Waals surface area contributed by atoms with Gasteiger partial charge in [0.05, 0.1) is 23.8 Å². The van der Waals surface area contributed by atoms with Crippen molar-refractivity contribution >= 4 is 27.5 Å². The molecule has 0 saturated carbocycles. The Balaban J connectivity index is 1.65. The maximum atomic E-state index is 12.7. The minimum atomic E-state index is -3.83. The molecule has 0 radical (unpaired) electrons. The molecular formula is C23H29N3O6S2. The topological polar surface area (TPSA) is 102 Å². The SMILES string of the molecule is CCOC(=O)CN(Cc1cccc(OCCc2nc(-c3cccs3)oc2C)c1)S(=O)(=O)N(C)C. The van der Waals surface area contributed by atoms with Gasteiger partial charge in [0.15, 0.2) is 0 Å². The van der Waals surface area contributed by atoms with Gasteiger partial charge in [-0.1, -0.05) is 18.2 Å². The number of esters is 1. The molecule has 2 aromatic heterocycles. The fourth-order valence-electron chi connectivity index (χ4n) is 3.17. The molecule has 11 heteroatoms. The number of ether oxygens (including phenoxy) is 2. The van der Waals surface area contributed by atoms with Crippen LogP contribution in [0.4, 0.5) is 0 Å². The van der Waals surface area contributed by atoms with E-state index in [1.807, 2.05) is 24.4 Å². The summed E-state index contributed by atoms with van der Waals surface area (Å²) < 4.78 is 44.1. The van der Waals surface area contributed by atoms with E-state index >= 15 is 0 Å². The van der Waals surface area contributed by atoms with Crippen molar-refractivity contribution in [2.75, 3.05) is 33.9 Å². The van der Waals surface area contributed by atoms with Gasteiger partial charge in [-0.05, 0) is 43.0 Å². The van der Waals surface area contributed by atoms with Crippen LogP contribution in [0.25, 0.3) is 10.8 Å². The first-order valence-electron chi connectivity index (χ1n) is 10.8. The standard InChI is InChI=1S/C23H29N3O6S2/c1-5-30-22(27)16-26(34(28,29)25(3)4)15-18-8-6-9-19(14-18)31-12-11-20-17(2)32-23(24-20)21-10-7-13-33-21/h6-10,13-14H,5,11-12,15-16H2,1-4H3. The molecule has 0 aliphatic rings. The summed E-state index contributed by atoms with van der Waals surface area (Å²) in [7, 11) is -0.992. The Hall–Kier alpha value is -2.73. The van der Waals surface area contributed by atoms with Crippen LogP contribution in [0.2, 0.25) is 0 Å². The summed E-state index contributed by atoms with van der Waals surface area (Å²) in [4.78, 5) is 17.5. The number of rotatable bonds is 12. The number of aryl methyl sites for hydroxylation is 1. The third-order valence-electron chi connectivity index (χ3n) is 4.89. The van der Waals surface area contributed by atoms with Crippen LogP contribution < -0.4 is 4.74 Å². The number of thiophene rings is 1. The molecule has 0 saturated heterocycles. The van der Waals surface area contributed by atoms with Gasteiger partial charge >= 0.3 is 5.97 Å². The zero-order valence-corrected chi connectivity index (χ0v) is 21.3. The number of hydrogen-bond donors (Lipinski definition) is 0. The molecule has 0 amide bonds. The van der Waals surface area contributed by atoms with Gasteiger partial charge < -0.3 is 13.9 Å². The van der Waals surface area contributed by atoms with Crippen LogP contribution in [0.5, 0.6) is 5.75 Å². The molecule has 34 heavy (non-hydrogen) atoms. The highest BCUT2D eigenvalue weighted by molar-refractivity contribution is 7.86. The van der Waals surface area contributed by atoms with Crippen molar-refractivity contribution < 1.29 is 27.1 Å². The van der Waals surface area contributed by atoms with Crippen molar-refractivity contribution in [2.24, 2.45) is 0 Å². The summed E-state index contributed by atoms with van der Waals surface area (Å²) in [6.07, 6.45) is 0.564. The smallest absolute Gasteiger partial charge is 0.321 e. The predicted octanol–water partition coefficient (Wildman–Crippen LogP) is 3.50. The molecule has 0 unspecified atom stereocenters. The lowest BCUT2D eigenvalue weighted by atomic mass is 10.2. The first-order valence-corrected chi connectivity index (χ1v) is 13.0. The lowest BCUT2D eigenvalue weighted by Crippen LogP contribution is -2.42. The van der Waals surface area contributed by atoms with Crippen LogP contribution >= 0.6 is 11.3 Å². The Labute approximate surface area is 204 Å². The van der Waals surface area contributed by atoms with E-state index in [-0.39, 0.29) is 19.7 Å². The molecule has 0 fully saturated rings. The Bertz CT molecular complexity index is 1190. The van der Waals surface area contributed by atoms with E-state index in [9.17, 15) is 13.2 Å². The summed E-state index contributed by atoms with van der Waals surface area (Å²) in [5.41, 5.74) is 1.52. The molecular weight excluding hydrogens is 478 g/mol. The van der Waals surface area contributed by atoms with Crippen LogP contribution in [-0.2, 0) is 32.7 Å². The maximum Gasteiger partial charge on any atom is 0.321 e. The average molecular weight is 508 g/mol. The summed E-state index contributed by atoms with van der Waals surface area (Å²) in [6.45, 7) is 3.73. The van der Waals surface area contributed by atoms with E-state index in [0.29, 0.717) is 30.2 Å². The van der Waals surface area contributed by atoms with Gasteiger partial charge in [0.2, 0.25) is 5.89 Å². The Kier molecular flexibility index (Phi) is 8.84. The van der Waals surface area contributed by atoms with E-state index in [4.69, 9.17) is 13.9 Å². The summed E-state index contributed by atoms with van der Waals surface area (Å²) in [6, 6.07) is 11.0. The number of nitrogens with zero attached hydrogens (tertiary/aromatic N) is 3. The van der Waals surface area contributed by atoms with Gasteiger partial charge in [-0.3, -0.25) is 4.79 Å². The van der Waals surface area contributed by atoms with Gasteiger partial charge in [0.25, 0.3) is 10.2 Å². The number of benzene rings is 1. The van der Waals surface area contributed by atoms with E-state index in [0.717, 1.165) is 24.9 Å². The summed E-state index contributed by atoms with van der Waals surface area (Å²) in [5.74, 6) is 1.35. The van der Waals surface area contributed by atoms with Crippen molar-refractivity contribution in [3.63, 3.8) is 0 Å². The zero-order chi connectivity index (χ0) is 24.7. The number of hydrogen-bond acceptors (Lipinski definition) is 8. The van der Waals surface area contributed by atoms with Gasteiger partial charge in [0.1, 0.15) is 18.1 Å². The number of carbonyl (C=O) groups excluding carboxylic acids is 1. The van der Waals surface area contributed by atoms with Crippen molar-refractivity contribution in [1.82, 2.24) is 13.6 Å². The lowest BCUT2D eigenvalue weighted by molar-refractivity contribution is -0.143. The molecule has 0 aliphatic carbocycles. The highest BCUT2D eigenvalue weighted by Crippen LogP contribution is 2.26. The molecule has 0 bridgehead atoms. The molecule has 0 atom stereocenters. The van der Waals surface area contributed by atoms with Crippen LogP contribution in [0.15, 0.2) is 46.2 Å². The van der Waals surface area contributed by atoms with E-state index in [2.05, 4.69) is 4.98 Å². The molecule has 3 aromatic rings. The second-order valence-corrected chi connectivity index (χ2v) is 10.7. The second-order valence-electron chi connectivity index (χ2n) is 7.61. The van der Waals surface area contributed by atoms with Crippen molar-refractivity contribution in [2.45, 2.75) is 26.8 Å². The Morgan fingerprint density at radius 2 is 2.00 bits per heavy atom. The van der Waals surface area contributed by atoms with Gasteiger partial charge in [0, 0.05) is 27.1 Å². The third kappa shape index (κ3) is 6.66. The van der Waals surface area contributed by atoms with Crippen molar-refractivity contribution in [3.05, 3.63) is 58.8 Å². The maximum absolute atomic E-state index is 12.7. The first kappa shape index (κ1) is 25.9. The largest absolute Gasteiger partial charge is 0.493 e. The summed E-state index contributed by atoms with van der Waals surface area (Å²) >= 11 is 1.57. The van der Waals surface area contributed by atoms with Gasteiger partial charge in [-0.15, -0.1) is 11.3 Å². The summed E-state index contributed by atoms with van der Waals surface area (Å²) in [5, 5.41) is 1.97. The fourth-order valence-corrected chi connectivity index (χ4v) is 4.86. The molecule has 1 aromatic carbocycles. The normalized spacial score (nSPS) is 11.8. The predicted molar refractivity (Wildman–Crippen MR) is 130 cm³/mol. The van der Waals surface area contributed by atoms with Crippen molar-refractivity contribution in [1.29, 1.82) is 0 Å². The molecule has 0 spiro atoms. The average Bonchev–Trinajstić information content (AvgIpc) is 3.44. The Morgan fingerprint density at radius 1 is 1.21 bits per heavy atom. The number of oxazole rings is 1. The first-order chi connectivity index (χ1) is 16.2. The number of carbonyl (C=O) groups is 1. The second kappa shape index (κ2) is 11.6. The minimum Gasteiger partial charge on any atom is -0.493 e. The van der Waals surface area contributed by atoms with Crippen LogP contribution in [-0.4, -0.2) is 61.8 Å². The van der Waals surface area contributed by atoms with E-state index in [1.165, 1.54) is 14.1 Å². The molecule has 3 rings (SSSR count). The zero-order valence-electron chi connectivity index (χ0n) is 19.7. The number of aromatic nitrogens is 1. The molecule has 184 valence electrons. The molecule has 0 aliphatic heterocycles. The molecule has 0 N–H and O–H groups in total. The highest BCUT2D eigenvalue weighted by Gasteiger charge is 2.27. The van der Waals surface area contributed by atoms with Crippen LogP contribution in [0.1, 0.15) is 23.9 Å². The van der Waals surface area contributed by atoms with Gasteiger partial charge in [-0.25, -0.2) is 4.98 Å². The van der Waals surface area contributed by atoms with Crippen LogP contribution in [0.3, 0.4) is 0 Å².